The van der Waals surface area contributed by atoms with Crippen LogP contribution in [-0.2, 0) is 24.0 Å². The Balaban J connectivity index is -0.000000263. The lowest BCUT2D eigenvalue weighted by atomic mass is 9.71. The SMILES string of the molecule is C#CCCC.C=CCNC(=O)C(=O)CNC(=O)C1CCCN1C.CC.CCC.CNC(C=O)C1(C)CCCCC1.CNC=O. The molecule has 1 saturated carbocycles. The van der Waals surface area contributed by atoms with Crippen LogP contribution < -0.4 is 21.3 Å². The molecule has 44 heavy (non-hydrogen) atoms. The average molecular weight is 624 g/mol. The Labute approximate surface area is 269 Å². The molecule has 1 aliphatic heterocycles. The van der Waals surface area contributed by atoms with E-state index < -0.39 is 11.7 Å². The number of terminal acetylenes is 1. The molecule has 0 bridgehead atoms. The maximum atomic E-state index is 11.7. The molecule has 2 rings (SSSR count). The fourth-order valence-electron chi connectivity index (χ4n) is 4.27. The molecule has 3 amide bonds. The van der Waals surface area contributed by atoms with Crippen LogP contribution in [0.5, 0.6) is 0 Å². The van der Waals surface area contributed by atoms with E-state index in [0.717, 1.165) is 38.5 Å². The van der Waals surface area contributed by atoms with E-state index in [1.165, 1.54) is 44.6 Å². The van der Waals surface area contributed by atoms with Crippen LogP contribution in [0.1, 0.15) is 106 Å². The van der Waals surface area contributed by atoms with Crippen molar-refractivity contribution < 1.29 is 24.0 Å². The Morgan fingerprint density at radius 3 is 1.93 bits per heavy atom. The van der Waals surface area contributed by atoms with E-state index >= 15 is 0 Å². The second-order valence-corrected chi connectivity index (χ2v) is 10.5. The van der Waals surface area contributed by atoms with Crippen molar-refractivity contribution in [1.82, 2.24) is 26.2 Å². The predicted molar refractivity (Wildman–Crippen MR) is 183 cm³/mol. The molecule has 4 N–H and O–H groups in total. The van der Waals surface area contributed by atoms with Crippen LogP contribution in [0.25, 0.3) is 0 Å². The van der Waals surface area contributed by atoms with E-state index in [-0.39, 0.29) is 36.5 Å². The molecular weight excluding hydrogens is 558 g/mol. The van der Waals surface area contributed by atoms with Crippen molar-refractivity contribution in [2.24, 2.45) is 5.41 Å². The Kier molecular flexibility index (Phi) is 37.5. The number of likely N-dealkylation sites (N-methyl/N-ethyl adjacent to an activating group) is 2. The number of unbranched alkanes of at least 4 members (excludes halogenated alkanes) is 1. The molecule has 1 saturated heterocycles. The Morgan fingerprint density at radius 1 is 1.05 bits per heavy atom. The number of nitrogens with zero attached hydrogens (tertiary/aromatic N) is 1. The number of amides is 3. The highest BCUT2D eigenvalue weighted by Gasteiger charge is 2.34. The Bertz CT molecular complexity index is 791. The monoisotopic (exact) mass is 623 g/mol. The van der Waals surface area contributed by atoms with Crippen LogP contribution in [0.4, 0.5) is 0 Å². The number of rotatable bonds is 11. The normalized spacial score (nSPS) is 16.4. The summed E-state index contributed by atoms with van der Waals surface area (Å²) in [5.41, 5.74) is 0.217. The van der Waals surface area contributed by atoms with Gasteiger partial charge in [0.2, 0.25) is 18.1 Å². The molecule has 10 heteroatoms. The van der Waals surface area contributed by atoms with Gasteiger partial charge in [-0.2, -0.15) is 0 Å². The van der Waals surface area contributed by atoms with Crippen molar-refractivity contribution in [2.45, 2.75) is 118 Å². The minimum absolute atomic E-state index is 0.0535. The number of aldehydes is 1. The van der Waals surface area contributed by atoms with E-state index in [1.54, 1.807) is 7.05 Å². The fourth-order valence-corrected chi connectivity index (χ4v) is 4.27. The number of hydrogen-bond donors (Lipinski definition) is 4. The second-order valence-electron chi connectivity index (χ2n) is 10.5. The maximum Gasteiger partial charge on any atom is 0.289 e. The smallest absolute Gasteiger partial charge is 0.289 e. The van der Waals surface area contributed by atoms with Crippen LogP contribution in [0.2, 0.25) is 0 Å². The molecule has 256 valence electrons. The number of Topliss-reactive ketones (excluding diaryl/α,β-unsaturated/α-hetero) is 1. The zero-order valence-corrected chi connectivity index (χ0v) is 29.4. The number of carbonyl (C=O) groups is 5. The van der Waals surface area contributed by atoms with Crippen molar-refractivity contribution in [3.05, 3.63) is 12.7 Å². The molecule has 2 aliphatic rings. The van der Waals surface area contributed by atoms with Crippen molar-refractivity contribution >= 4 is 30.3 Å². The van der Waals surface area contributed by atoms with E-state index in [1.807, 2.05) is 32.8 Å². The van der Waals surface area contributed by atoms with Gasteiger partial charge in [-0.1, -0.05) is 73.3 Å². The summed E-state index contributed by atoms with van der Waals surface area (Å²) in [5, 5.41) is 10.2. The minimum atomic E-state index is -0.699. The summed E-state index contributed by atoms with van der Waals surface area (Å²) in [6, 6.07) is -0.133. The van der Waals surface area contributed by atoms with Crippen molar-refractivity contribution in [3.8, 4) is 12.3 Å². The number of ketones is 1. The largest absolute Gasteiger partial charge is 0.362 e. The van der Waals surface area contributed by atoms with E-state index in [9.17, 15) is 19.2 Å². The van der Waals surface area contributed by atoms with Gasteiger partial charge in [-0.05, 0) is 58.2 Å². The first-order valence-corrected chi connectivity index (χ1v) is 16.1. The molecule has 0 radical (unpaired) electrons. The number of hydrogen-bond acceptors (Lipinski definition) is 7. The summed E-state index contributed by atoms with van der Waals surface area (Å²) in [7, 11) is 5.31. The third kappa shape index (κ3) is 25.5. The van der Waals surface area contributed by atoms with Gasteiger partial charge < -0.3 is 26.1 Å². The topological polar surface area (TPSA) is 137 Å². The predicted octanol–water partition coefficient (Wildman–Crippen LogP) is 4.04. The molecular formula is C34H65N5O5. The minimum Gasteiger partial charge on any atom is -0.362 e. The first kappa shape index (κ1) is 47.9. The first-order valence-electron chi connectivity index (χ1n) is 16.1. The number of carbonyl (C=O) groups excluding carboxylic acids is 5. The lowest BCUT2D eigenvalue weighted by Gasteiger charge is -2.37. The highest BCUT2D eigenvalue weighted by atomic mass is 16.2. The molecule has 1 heterocycles. The average Bonchev–Trinajstić information content (AvgIpc) is 3.47. The van der Waals surface area contributed by atoms with Gasteiger partial charge in [0.1, 0.15) is 6.29 Å². The van der Waals surface area contributed by atoms with Gasteiger partial charge in [0.15, 0.2) is 0 Å². The van der Waals surface area contributed by atoms with Crippen molar-refractivity contribution in [1.29, 1.82) is 0 Å². The molecule has 0 aromatic rings. The summed E-state index contributed by atoms with van der Waals surface area (Å²) < 4.78 is 0. The zero-order chi connectivity index (χ0) is 34.8. The van der Waals surface area contributed by atoms with Crippen molar-refractivity contribution in [3.63, 3.8) is 0 Å². The van der Waals surface area contributed by atoms with Gasteiger partial charge in [0.25, 0.3) is 5.91 Å². The summed E-state index contributed by atoms with van der Waals surface area (Å²) in [4.78, 5) is 56.1. The second kappa shape index (κ2) is 34.5. The highest BCUT2D eigenvalue weighted by Crippen LogP contribution is 2.37. The maximum absolute atomic E-state index is 11.7. The van der Waals surface area contributed by atoms with E-state index in [2.05, 4.69) is 61.5 Å². The van der Waals surface area contributed by atoms with Crippen molar-refractivity contribution in [2.75, 3.05) is 40.8 Å². The standard InChI is InChI=1S/C12H19N3O3.C10H19NO.C5H8.C3H8.C2H5NO.C2H6/c1-3-6-13-12(18)10(16)8-14-11(17)9-5-4-7-15(9)2;1-10(9(8-12)11-2)6-4-3-5-7-10;1-3-5-4-2;1-3-2;1-3-2-4;1-2/h3,9H,1,4-8H2,2H3,(H,13,18)(H,14,17);8-9,11H,3-7H2,1-2H3;1H,4-5H2,2H3;3H2,1-2H3;2H,1H3,(H,3,4);1-2H3. The quantitative estimate of drug-likeness (QED) is 0.118. The Hall–Kier alpha value is -3.03. The van der Waals surface area contributed by atoms with Gasteiger partial charge in [-0.25, -0.2) is 0 Å². The van der Waals surface area contributed by atoms with Gasteiger partial charge in [0, 0.05) is 20.0 Å². The summed E-state index contributed by atoms with van der Waals surface area (Å²) in [6.07, 6.45) is 19.4. The molecule has 0 spiro atoms. The Morgan fingerprint density at radius 2 is 1.59 bits per heavy atom. The highest BCUT2D eigenvalue weighted by molar-refractivity contribution is 6.37. The summed E-state index contributed by atoms with van der Waals surface area (Å²) in [6.45, 7) is 16.8. The first-order chi connectivity index (χ1) is 21.0. The van der Waals surface area contributed by atoms with Gasteiger partial charge in [-0.3, -0.25) is 24.1 Å². The van der Waals surface area contributed by atoms with Crippen LogP contribution in [0, 0.1) is 17.8 Å². The lowest BCUT2D eigenvalue weighted by Crippen LogP contribution is -2.45. The van der Waals surface area contributed by atoms with E-state index in [4.69, 9.17) is 11.2 Å². The third-order valence-electron chi connectivity index (χ3n) is 6.61. The van der Waals surface area contributed by atoms with Crippen LogP contribution in [-0.4, -0.2) is 88.1 Å². The van der Waals surface area contributed by atoms with Gasteiger partial charge in [0.05, 0.1) is 18.6 Å². The van der Waals surface area contributed by atoms with Gasteiger partial charge in [-0.15, -0.1) is 18.9 Å². The molecule has 2 unspecified atom stereocenters. The lowest BCUT2D eigenvalue weighted by molar-refractivity contribution is -0.138. The third-order valence-corrected chi connectivity index (χ3v) is 6.61. The summed E-state index contributed by atoms with van der Waals surface area (Å²) >= 11 is 0. The fraction of sp³-hybridized carbons (Fsp3) is 0.735. The molecule has 0 aromatic heterocycles. The van der Waals surface area contributed by atoms with Crippen LogP contribution in [0.3, 0.4) is 0 Å². The number of nitrogens with one attached hydrogen (secondary N) is 4. The molecule has 2 fully saturated rings. The number of likely N-dealkylation sites (tertiary alicyclic amines) is 1. The zero-order valence-electron chi connectivity index (χ0n) is 29.4. The van der Waals surface area contributed by atoms with Crippen LogP contribution in [0.15, 0.2) is 12.7 Å². The molecule has 0 aromatic carbocycles. The molecule has 2 atom stereocenters. The van der Waals surface area contributed by atoms with Gasteiger partial charge >= 0.3 is 0 Å². The summed E-state index contributed by atoms with van der Waals surface area (Å²) in [5.74, 6) is 0.976. The molecule has 10 nitrogen and oxygen atoms in total. The molecule has 1 aliphatic carbocycles. The van der Waals surface area contributed by atoms with Crippen LogP contribution >= 0.6 is 0 Å². The van der Waals surface area contributed by atoms with E-state index in [0.29, 0.717) is 6.41 Å².